The molecule has 2 aromatic heterocycles. The van der Waals surface area contributed by atoms with E-state index in [0.29, 0.717) is 17.5 Å². The molecule has 7 aromatic carbocycles. The summed E-state index contributed by atoms with van der Waals surface area (Å²) < 4.78 is 6.11. The highest BCUT2D eigenvalue weighted by Crippen LogP contribution is 2.56. The summed E-state index contributed by atoms with van der Waals surface area (Å²) in [5.74, 6) is 1.87. The van der Waals surface area contributed by atoms with E-state index in [2.05, 4.69) is 115 Å². The monoisotopic (exact) mass is 639 g/mol. The van der Waals surface area contributed by atoms with E-state index in [9.17, 15) is 0 Å². The van der Waals surface area contributed by atoms with Crippen LogP contribution in [0.25, 0.3) is 67.2 Å². The Labute approximate surface area is 289 Å². The number of aromatic nitrogens is 3. The molecule has 0 saturated carbocycles. The zero-order valence-electron chi connectivity index (χ0n) is 27.0. The number of para-hydroxylation sites is 1. The Morgan fingerprint density at radius 3 is 1.52 bits per heavy atom. The average molecular weight is 640 g/mol. The van der Waals surface area contributed by atoms with Crippen LogP contribution in [0.3, 0.4) is 0 Å². The lowest BCUT2D eigenvalue weighted by Gasteiger charge is -2.34. The standard InChI is InChI=1S/C46H29N3O/c1-3-13-30(14-4-1)43-47-44(49-45(48-43)32-25-28-42-38(29-32)37-19-9-12-22-41(37)50-42)31-23-26-34(27-24-31)46(33-15-5-2-6-16-33)39-20-10-7-17-35(39)36-18-8-11-21-40(36)46/h1-29H. The zero-order chi connectivity index (χ0) is 33.1. The molecule has 50 heavy (non-hydrogen) atoms. The van der Waals surface area contributed by atoms with Crippen LogP contribution in [-0.4, -0.2) is 15.0 Å². The van der Waals surface area contributed by atoms with Crippen molar-refractivity contribution in [1.29, 1.82) is 0 Å². The molecule has 4 heteroatoms. The van der Waals surface area contributed by atoms with E-state index in [1.807, 2.05) is 60.7 Å². The molecule has 0 fully saturated rings. The summed E-state index contributed by atoms with van der Waals surface area (Å²) in [6.45, 7) is 0. The molecule has 0 amide bonds. The normalized spacial score (nSPS) is 13.0. The predicted molar refractivity (Wildman–Crippen MR) is 201 cm³/mol. The molecule has 9 aromatic rings. The first-order chi connectivity index (χ1) is 24.8. The number of furan rings is 1. The van der Waals surface area contributed by atoms with Gasteiger partial charge in [0.15, 0.2) is 17.5 Å². The summed E-state index contributed by atoms with van der Waals surface area (Å²) >= 11 is 0. The molecule has 10 rings (SSSR count). The van der Waals surface area contributed by atoms with Gasteiger partial charge >= 0.3 is 0 Å². The Morgan fingerprint density at radius 1 is 0.360 bits per heavy atom. The van der Waals surface area contributed by atoms with Crippen LogP contribution >= 0.6 is 0 Å². The van der Waals surface area contributed by atoms with Gasteiger partial charge in [0.1, 0.15) is 11.2 Å². The zero-order valence-corrected chi connectivity index (χ0v) is 27.0. The van der Waals surface area contributed by atoms with Crippen LogP contribution < -0.4 is 0 Å². The molecule has 0 N–H and O–H groups in total. The summed E-state index contributed by atoms with van der Waals surface area (Å²) in [7, 11) is 0. The minimum Gasteiger partial charge on any atom is -0.456 e. The first-order valence-electron chi connectivity index (χ1n) is 16.9. The number of nitrogens with zero attached hydrogens (tertiary/aromatic N) is 3. The van der Waals surface area contributed by atoms with Crippen molar-refractivity contribution in [3.63, 3.8) is 0 Å². The van der Waals surface area contributed by atoms with E-state index in [1.54, 1.807) is 0 Å². The Kier molecular flexibility index (Phi) is 6.36. The minimum atomic E-state index is -0.463. The molecule has 0 aliphatic heterocycles. The van der Waals surface area contributed by atoms with E-state index in [-0.39, 0.29) is 0 Å². The Balaban J connectivity index is 1.15. The molecule has 0 atom stereocenters. The number of fused-ring (bicyclic) bond motifs is 6. The lowest BCUT2D eigenvalue weighted by molar-refractivity contribution is 0.669. The Hall–Kier alpha value is -6.65. The van der Waals surface area contributed by atoms with Crippen molar-refractivity contribution in [1.82, 2.24) is 15.0 Å². The Bertz CT molecular complexity index is 2650. The van der Waals surface area contributed by atoms with E-state index >= 15 is 0 Å². The van der Waals surface area contributed by atoms with Crippen molar-refractivity contribution in [2.45, 2.75) is 5.41 Å². The summed E-state index contributed by atoms with van der Waals surface area (Å²) in [5, 5.41) is 2.11. The van der Waals surface area contributed by atoms with Crippen molar-refractivity contribution in [2.24, 2.45) is 0 Å². The van der Waals surface area contributed by atoms with Crippen LogP contribution in [0.2, 0.25) is 0 Å². The van der Waals surface area contributed by atoms with E-state index in [1.165, 1.54) is 33.4 Å². The summed E-state index contributed by atoms with van der Waals surface area (Å²) in [6.07, 6.45) is 0. The molecule has 0 bridgehead atoms. The molecule has 2 heterocycles. The van der Waals surface area contributed by atoms with Crippen LogP contribution in [0, 0.1) is 0 Å². The highest BCUT2D eigenvalue weighted by atomic mass is 16.3. The molecule has 4 nitrogen and oxygen atoms in total. The molecular weight excluding hydrogens is 611 g/mol. The molecule has 234 valence electrons. The van der Waals surface area contributed by atoms with Crippen molar-refractivity contribution in [3.8, 4) is 45.3 Å². The van der Waals surface area contributed by atoms with Gasteiger partial charge in [-0.05, 0) is 57.6 Å². The third kappa shape index (κ3) is 4.28. The maximum Gasteiger partial charge on any atom is 0.164 e. The van der Waals surface area contributed by atoms with Gasteiger partial charge in [0, 0.05) is 27.5 Å². The average Bonchev–Trinajstić information content (AvgIpc) is 3.72. The second kappa shape index (κ2) is 11.2. The molecule has 0 saturated heterocycles. The lowest BCUT2D eigenvalue weighted by Crippen LogP contribution is -2.28. The largest absolute Gasteiger partial charge is 0.456 e. The quantitative estimate of drug-likeness (QED) is 0.188. The van der Waals surface area contributed by atoms with Crippen LogP contribution in [0.5, 0.6) is 0 Å². The molecule has 0 radical (unpaired) electrons. The van der Waals surface area contributed by atoms with Gasteiger partial charge in [0.05, 0.1) is 5.41 Å². The Morgan fingerprint density at radius 2 is 0.840 bits per heavy atom. The topological polar surface area (TPSA) is 51.8 Å². The van der Waals surface area contributed by atoms with Gasteiger partial charge in [0.25, 0.3) is 0 Å². The van der Waals surface area contributed by atoms with E-state index in [4.69, 9.17) is 19.4 Å². The highest BCUT2D eigenvalue weighted by Gasteiger charge is 2.45. The van der Waals surface area contributed by atoms with Crippen molar-refractivity contribution in [2.75, 3.05) is 0 Å². The van der Waals surface area contributed by atoms with Gasteiger partial charge < -0.3 is 4.42 Å². The molecule has 1 aliphatic rings. The maximum absolute atomic E-state index is 6.11. The number of hydrogen-bond acceptors (Lipinski definition) is 4. The second-order valence-corrected chi connectivity index (χ2v) is 12.8. The number of rotatable bonds is 5. The highest BCUT2D eigenvalue weighted by molar-refractivity contribution is 6.06. The number of hydrogen-bond donors (Lipinski definition) is 0. The fourth-order valence-electron chi connectivity index (χ4n) is 7.80. The predicted octanol–water partition coefficient (Wildman–Crippen LogP) is 11.1. The van der Waals surface area contributed by atoms with Crippen molar-refractivity contribution in [3.05, 3.63) is 198 Å². The summed E-state index contributed by atoms with van der Waals surface area (Å²) in [6, 6.07) is 61.6. The van der Waals surface area contributed by atoms with Gasteiger partial charge in [-0.25, -0.2) is 15.0 Å². The lowest BCUT2D eigenvalue weighted by atomic mass is 9.67. The fourth-order valence-corrected chi connectivity index (χ4v) is 7.80. The van der Waals surface area contributed by atoms with Gasteiger partial charge in [0.2, 0.25) is 0 Å². The second-order valence-electron chi connectivity index (χ2n) is 12.8. The van der Waals surface area contributed by atoms with Crippen LogP contribution in [-0.2, 0) is 5.41 Å². The van der Waals surface area contributed by atoms with Crippen LogP contribution in [0.15, 0.2) is 180 Å². The maximum atomic E-state index is 6.11. The van der Waals surface area contributed by atoms with Gasteiger partial charge in [-0.15, -0.1) is 0 Å². The minimum absolute atomic E-state index is 0.463. The van der Waals surface area contributed by atoms with E-state index in [0.717, 1.165) is 38.6 Å². The molecular formula is C46H29N3O. The number of benzene rings is 7. The van der Waals surface area contributed by atoms with E-state index < -0.39 is 5.41 Å². The van der Waals surface area contributed by atoms with Crippen LogP contribution in [0.4, 0.5) is 0 Å². The van der Waals surface area contributed by atoms with Gasteiger partial charge in [-0.2, -0.15) is 0 Å². The van der Waals surface area contributed by atoms with Crippen molar-refractivity contribution < 1.29 is 4.42 Å². The first kappa shape index (κ1) is 28.4. The summed E-state index contributed by atoms with van der Waals surface area (Å²) in [4.78, 5) is 15.1. The first-order valence-corrected chi connectivity index (χ1v) is 16.9. The van der Waals surface area contributed by atoms with Gasteiger partial charge in [-0.3, -0.25) is 0 Å². The molecule has 1 aliphatic carbocycles. The SMILES string of the molecule is c1ccc(-c2nc(-c3ccc(C4(c5ccccc5)c5ccccc5-c5ccccc54)cc3)nc(-c3ccc4oc5ccccc5c4c3)n2)cc1. The van der Waals surface area contributed by atoms with Crippen molar-refractivity contribution >= 4 is 21.9 Å². The smallest absolute Gasteiger partial charge is 0.164 e. The third-order valence-electron chi connectivity index (χ3n) is 10.0. The summed E-state index contributed by atoms with van der Waals surface area (Å²) in [5.41, 5.74) is 11.6. The van der Waals surface area contributed by atoms with Crippen LogP contribution in [0.1, 0.15) is 22.3 Å². The fraction of sp³-hybridized carbons (Fsp3) is 0.0217. The molecule has 0 unspecified atom stereocenters. The molecule has 0 spiro atoms. The van der Waals surface area contributed by atoms with Gasteiger partial charge in [-0.1, -0.05) is 152 Å². The third-order valence-corrected chi connectivity index (χ3v) is 10.0.